The van der Waals surface area contributed by atoms with Crippen molar-refractivity contribution in [2.75, 3.05) is 19.7 Å². The summed E-state index contributed by atoms with van der Waals surface area (Å²) < 4.78 is 18.9. The fourth-order valence-electron chi connectivity index (χ4n) is 3.17. The number of carbonyl (C=O) groups is 1. The van der Waals surface area contributed by atoms with E-state index < -0.39 is 0 Å². The lowest BCUT2D eigenvalue weighted by atomic mass is 10.1. The molecule has 28 heavy (non-hydrogen) atoms. The first-order valence-electron chi connectivity index (χ1n) is 8.94. The third-order valence-corrected chi connectivity index (χ3v) is 5.90. The van der Waals surface area contributed by atoms with Gasteiger partial charge in [0.05, 0.1) is 30.3 Å². The molecule has 7 heteroatoms. The largest absolute Gasteiger partial charge is 0.370 e. The Balaban J connectivity index is 1.42. The molecule has 3 aromatic rings. The van der Waals surface area contributed by atoms with E-state index >= 15 is 0 Å². The number of aromatic nitrogens is 1. The van der Waals surface area contributed by atoms with Crippen LogP contribution in [0.5, 0.6) is 0 Å². The van der Waals surface area contributed by atoms with Gasteiger partial charge in [0.1, 0.15) is 16.9 Å². The van der Waals surface area contributed by atoms with Crippen LogP contribution in [0.1, 0.15) is 17.4 Å². The average molecular weight is 417 g/mol. The second-order valence-corrected chi connectivity index (χ2v) is 7.82. The fraction of sp³-hybridized carbons (Fsp3) is 0.238. The molecule has 0 aliphatic carbocycles. The molecule has 2 heterocycles. The number of thiazole rings is 1. The van der Waals surface area contributed by atoms with Gasteiger partial charge in [0.25, 0.3) is 0 Å². The molecule has 0 unspecified atom stereocenters. The number of benzene rings is 2. The van der Waals surface area contributed by atoms with E-state index in [-0.39, 0.29) is 24.2 Å². The van der Waals surface area contributed by atoms with Gasteiger partial charge in [-0.1, -0.05) is 41.9 Å². The lowest BCUT2D eigenvalue weighted by Gasteiger charge is -2.33. The highest BCUT2D eigenvalue weighted by Crippen LogP contribution is 2.30. The van der Waals surface area contributed by atoms with Gasteiger partial charge in [0.2, 0.25) is 5.91 Å². The Morgan fingerprint density at radius 2 is 2.04 bits per heavy atom. The molecule has 1 aliphatic rings. The van der Waals surface area contributed by atoms with Crippen molar-refractivity contribution in [2.45, 2.75) is 12.5 Å². The number of carbonyl (C=O) groups excluding carboxylic acids is 1. The maximum Gasteiger partial charge on any atom is 0.228 e. The second kappa shape index (κ2) is 8.39. The third kappa shape index (κ3) is 4.24. The minimum Gasteiger partial charge on any atom is -0.370 e. The fourth-order valence-corrected chi connectivity index (χ4v) is 4.31. The first-order chi connectivity index (χ1) is 13.6. The molecule has 4 rings (SSSR count). The van der Waals surface area contributed by atoms with Crippen LogP contribution in [0.2, 0.25) is 5.02 Å². The molecule has 1 aliphatic heterocycles. The van der Waals surface area contributed by atoms with Crippen LogP contribution in [0.3, 0.4) is 0 Å². The SMILES string of the molecule is O=C(Cc1csc(-c2ccccc2Cl)n1)N1CCO[C@@H](c2ccc(F)cc2)C1. The normalized spacial score (nSPS) is 16.9. The van der Waals surface area contributed by atoms with Crippen LogP contribution >= 0.6 is 22.9 Å². The summed E-state index contributed by atoms with van der Waals surface area (Å²) in [5, 5.41) is 3.35. The van der Waals surface area contributed by atoms with Crippen molar-refractivity contribution >= 4 is 28.8 Å². The molecule has 1 atom stereocenters. The molecule has 0 bridgehead atoms. The van der Waals surface area contributed by atoms with Crippen LogP contribution < -0.4 is 0 Å². The molecule has 4 nitrogen and oxygen atoms in total. The van der Waals surface area contributed by atoms with E-state index in [9.17, 15) is 9.18 Å². The number of amides is 1. The predicted octanol–water partition coefficient (Wildman–Crippen LogP) is 4.75. The van der Waals surface area contributed by atoms with Gasteiger partial charge < -0.3 is 9.64 Å². The average Bonchev–Trinajstić information content (AvgIpc) is 3.17. The molecule has 1 saturated heterocycles. The van der Waals surface area contributed by atoms with Gasteiger partial charge >= 0.3 is 0 Å². The monoisotopic (exact) mass is 416 g/mol. The number of morpholine rings is 1. The Kier molecular flexibility index (Phi) is 5.71. The topological polar surface area (TPSA) is 42.4 Å². The minimum atomic E-state index is -0.287. The summed E-state index contributed by atoms with van der Waals surface area (Å²) >= 11 is 7.71. The van der Waals surface area contributed by atoms with Gasteiger partial charge in [-0.3, -0.25) is 4.79 Å². The van der Waals surface area contributed by atoms with E-state index in [1.165, 1.54) is 23.5 Å². The van der Waals surface area contributed by atoms with Crippen molar-refractivity contribution in [3.63, 3.8) is 0 Å². The molecule has 2 aromatic carbocycles. The highest BCUT2D eigenvalue weighted by molar-refractivity contribution is 7.13. The maximum atomic E-state index is 13.1. The minimum absolute atomic E-state index is 0.00594. The van der Waals surface area contributed by atoms with Crippen molar-refractivity contribution in [3.05, 3.63) is 76.0 Å². The summed E-state index contributed by atoms with van der Waals surface area (Å²) in [4.78, 5) is 19.1. The molecule has 1 fully saturated rings. The number of rotatable bonds is 4. The number of hydrogen-bond donors (Lipinski definition) is 0. The molecule has 1 aromatic heterocycles. The van der Waals surface area contributed by atoms with E-state index in [2.05, 4.69) is 4.98 Å². The maximum absolute atomic E-state index is 13.1. The van der Waals surface area contributed by atoms with Crippen LogP contribution in [-0.4, -0.2) is 35.5 Å². The zero-order chi connectivity index (χ0) is 19.5. The van der Waals surface area contributed by atoms with Gasteiger partial charge in [-0.2, -0.15) is 0 Å². The molecule has 0 N–H and O–H groups in total. The number of halogens is 2. The van der Waals surface area contributed by atoms with Crippen molar-refractivity contribution < 1.29 is 13.9 Å². The smallest absolute Gasteiger partial charge is 0.228 e. The Bertz CT molecular complexity index is 977. The summed E-state index contributed by atoms with van der Waals surface area (Å²) in [5.41, 5.74) is 2.47. The van der Waals surface area contributed by atoms with Crippen LogP contribution in [0.15, 0.2) is 53.9 Å². The predicted molar refractivity (Wildman–Crippen MR) is 108 cm³/mol. The molecule has 1 amide bonds. The van der Waals surface area contributed by atoms with Crippen molar-refractivity contribution in [1.82, 2.24) is 9.88 Å². The van der Waals surface area contributed by atoms with Crippen molar-refractivity contribution in [2.24, 2.45) is 0 Å². The Labute approximate surface area is 171 Å². The molecule has 0 spiro atoms. The van der Waals surface area contributed by atoms with Gasteiger partial charge in [0, 0.05) is 17.5 Å². The Morgan fingerprint density at radius 3 is 2.82 bits per heavy atom. The molecular formula is C21H18ClFN2O2S. The highest BCUT2D eigenvalue weighted by atomic mass is 35.5. The van der Waals surface area contributed by atoms with Crippen molar-refractivity contribution in [3.8, 4) is 10.6 Å². The van der Waals surface area contributed by atoms with E-state index in [1.807, 2.05) is 29.6 Å². The van der Waals surface area contributed by atoms with Gasteiger partial charge in [-0.15, -0.1) is 11.3 Å². The summed E-state index contributed by atoms with van der Waals surface area (Å²) in [6, 6.07) is 13.7. The van der Waals surface area contributed by atoms with Crippen molar-refractivity contribution in [1.29, 1.82) is 0 Å². The number of hydrogen-bond acceptors (Lipinski definition) is 4. The zero-order valence-electron chi connectivity index (χ0n) is 15.0. The van der Waals surface area contributed by atoms with E-state index in [4.69, 9.17) is 16.3 Å². The van der Waals surface area contributed by atoms with Crippen LogP contribution in [0, 0.1) is 5.82 Å². The van der Waals surface area contributed by atoms with Gasteiger partial charge in [-0.25, -0.2) is 9.37 Å². The number of nitrogens with zero attached hydrogens (tertiary/aromatic N) is 2. The Hall–Kier alpha value is -2.28. The van der Waals surface area contributed by atoms with E-state index in [0.29, 0.717) is 24.7 Å². The first-order valence-corrected chi connectivity index (χ1v) is 10.2. The molecule has 0 radical (unpaired) electrons. The zero-order valence-corrected chi connectivity index (χ0v) is 16.5. The second-order valence-electron chi connectivity index (χ2n) is 6.55. The van der Waals surface area contributed by atoms with Gasteiger partial charge in [-0.05, 0) is 23.8 Å². The summed E-state index contributed by atoms with van der Waals surface area (Å²) in [5.74, 6) is -0.281. The van der Waals surface area contributed by atoms with Crippen LogP contribution in [0.25, 0.3) is 10.6 Å². The van der Waals surface area contributed by atoms with Crippen LogP contribution in [-0.2, 0) is 16.0 Å². The van der Waals surface area contributed by atoms with E-state index in [1.54, 1.807) is 17.0 Å². The number of ether oxygens (including phenoxy) is 1. The summed E-state index contributed by atoms with van der Waals surface area (Å²) in [7, 11) is 0. The molecular weight excluding hydrogens is 399 g/mol. The van der Waals surface area contributed by atoms with E-state index in [0.717, 1.165) is 21.8 Å². The first kappa shape index (κ1) is 19.1. The standard InChI is InChI=1S/C21H18ClFN2O2S/c22-18-4-2-1-3-17(18)21-24-16(13-28-21)11-20(26)25-9-10-27-19(12-25)14-5-7-15(23)8-6-14/h1-8,13,19H,9-12H2/t19-/m1/s1. The molecule has 0 saturated carbocycles. The van der Waals surface area contributed by atoms with Crippen LogP contribution in [0.4, 0.5) is 4.39 Å². The molecule has 144 valence electrons. The lowest BCUT2D eigenvalue weighted by molar-refractivity contribution is -0.138. The Morgan fingerprint density at radius 1 is 1.25 bits per heavy atom. The quantitative estimate of drug-likeness (QED) is 0.616. The highest BCUT2D eigenvalue weighted by Gasteiger charge is 2.26. The third-order valence-electron chi connectivity index (χ3n) is 4.65. The van der Waals surface area contributed by atoms with Gasteiger partial charge in [0.15, 0.2) is 0 Å². The summed E-state index contributed by atoms with van der Waals surface area (Å²) in [6.45, 7) is 1.44. The summed E-state index contributed by atoms with van der Waals surface area (Å²) in [6.07, 6.45) is -0.00990. The lowest BCUT2D eigenvalue weighted by Crippen LogP contribution is -2.43.